The Morgan fingerprint density at radius 1 is 0.607 bits per heavy atom. The first-order valence-corrected chi connectivity index (χ1v) is 9.78. The monoisotopic (exact) mass is 382 g/mol. The fourth-order valence-electron chi connectivity index (χ4n) is 2.80. The lowest BCUT2D eigenvalue weighted by atomic mass is 10.1. The highest BCUT2D eigenvalue weighted by Crippen LogP contribution is 2.05. The summed E-state index contributed by atoms with van der Waals surface area (Å²) in [4.78, 5) is 24.1. The third-order valence-corrected chi connectivity index (χ3v) is 4.58. The standard InChI is InChI=1S/C22H30N4O2/c23-15-17-5-9-19(10-6-17)21(27)25-13-3-1-2-4-14-26-22(28)20-11-7-18(16-24)8-12-20/h5-12H,1-4,13-16,23-24H2,(H,25,27)(H,26,28). The van der Waals surface area contributed by atoms with Crippen LogP contribution in [-0.4, -0.2) is 24.9 Å². The van der Waals surface area contributed by atoms with Gasteiger partial charge in [-0.2, -0.15) is 0 Å². The third kappa shape index (κ3) is 7.13. The first-order chi connectivity index (χ1) is 13.6. The normalized spacial score (nSPS) is 10.5. The van der Waals surface area contributed by atoms with E-state index in [1.807, 2.05) is 24.3 Å². The van der Waals surface area contributed by atoms with Crippen LogP contribution < -0.4 is 22.1 Å². The van der Waals surface area contributed by atoms with E-state index in [9.17, 15) is 9.59 Å². The van der Waals surface area contributed by atoms with Crippen molar-refractivity contribution < 1.29 is 9.59 Å². The lowest BCUT2D eigenvalue weighted by Gasteiger charge is -2.07. The highest BCUT2D eigenvalue weighted by Gasteiger charge is 2.05. The van der Waals surface area contributed by atoms with Gasteiger partial charge in [0.1, 0.15) is 0 Å². The number of nitrogens with one attached hydrogen (secondary N) is 2. The molecule has 6 nitrogen and oxygen atoms in total. The first-order valence-electron chi connectivity index (χ1n) is 9.78. The Morgan fingerprint density at radius 3 is 1.29 bits per heavy atom. The third-order valence-electron chi connectivity index (χ3n) is 4.58. The summed E-state index contributed by atoms with van der Waals surface area (Å²) < 4.78 is 0. The molecule has 0 fully saturated rings. The molecule has 0 aromatic heterocycles. The number of benzene rings is 2. The van der Waals surface area contributed by atoms with Crippen molar-refractivity contribution in [3.8, 4) is 0 Å². The molecule has 2 amide bonds. The topological polar surface area (TPSA) is 110 Å². The summed E-state index contributed by atoms with van der Waals surface area (Å²) in [5.74, 6) is -0.118. The highest BCUT2D eigenvalue weighted by atomic mass is 16.2. The zero-order valence-corrected chi connectivity index (χ0v) is 16.2. The quantitative estimate of drug-likeness (QED) is 0.447. The van der Waals surface area contributed by atoms with Crippen LogP contribution in [-0.2, 0) is 13.1 Å². The molecule has 0 spiro atoms. The van der Waals surface area contributed by atoms with Gasteiger partial charge in [0.15, 0.2) is 0 Å². The molecule has 0 aliphatic carbocycles. The number of unbranched alkanes of at least 4 members (excludes halogenated alkanes) is 3. The molecule has 6 N–H and O–H groups in total. The molecule has 0 heterocycles. The van der Waals surface area contributed by atoms with Gasteiger partial charge in [0, 0.05) is 37.3 Å². The van der Waals surface area contributed by atoms with E-state index in [0.29, 0.717) is 37.3 Å². The van der Waals surface area contributed by atoms with Crippen molar-refractivity contribution in [3.05, 3.63) is 70.8 Å². The Kier molecular flexibility index (Phi) is 9.18. The summed E-state index contributed by atoms with van der Waals surface area (Å²) >= 11 is 0. The van der Waals surface area contributed by atoms with Crippen LogP contribution in [0.5, 0.6) is 0 Å². The minimum atomic E-state index is -0.0588. The maximum atomic E-state index is 12.0. The molecule has 0 unspecified atom stereocenters. The van der Waals surface area contributed by atoms with E-state index >= 15 is 0 Å². The maximum Gasteiger partial charge on any atom is 0.251 e. The molecule has 0 aliphatic rings. The van der Waals surface area contributed by atoms with E-state index in [4.69, 9.17) is 11.5 Å². The van der Waals surface area contributed by atoms with Crippen molar-refractivity contribution in [2.24, 2.45) is 11.5 Å². The molecule has 2 rings (SSSR count). The van der Waals surface area contributed by atoms with Crippen molar-refractivity contribution in [2.75, 3.05) is 13.1 Å². The predicted molar refractivity (Wildman–Crippen MR) is 112 cm³/mol. The van der Waals surface area contributed by atoms with Gasteiger partial charge in [-0.15, -0.1) is 0 Å². The number of carbonyl (C=O) groups is 2. The van der Waals surface area contributed by atoms with Crippen LogP contribution in [0.1, 0.15) is 57.5 Å². The van der Waals surface area contributed by atoms with Crippen molar-refractivity contribution in [3.63, 3.8) is 0 Å². The molecule has 0 aliphatic heterocycles. The van der Waals surface area contributed by atoms with Crippen LogP contribution >= 0.6 is 0 Å². The minimum Gasteiger partial charge on any atom is -0.352 e. The van der Waals surface area contributed by atoms with Crippen molar-refractivity contribution >= 4 is 11.8 Å². The van der Waals surface area contributed by atoms with E-state index in [2.05, 4.69) is 10.6 Å². The number of nitrogens with two attached hydrogens (primary N) is 2. The molecule has 28 heavy (non-hydrogen) atoms. The van der Waals surface area contributed by atoms with Gasteiger partial charge in [0.2, 0.25) is 0 Å². The first kappa shape index (κ1) is 21.6. The summed E-state index contributed by atoms with van der Waals surface area (Å²) in [5, 5.41) is 5.86. The van der Waals surface area contributed by atoms with Crippen LogP contribution in [0.4, 0.5) is 0 Å². The number of amides is 2. The van der Waals surface area contributed by atoms with Gasteiger partial charge in [-0.05, 0) is 48.2 Å². The highest BCUT2D eigenvalue weighted by molar-refractivity contribution is 5.94. The molecular formula is C22H30N4O2. The molecule has 0 radical (unpaired) electrons. The van der Waals surface area contributed by atoms with Gasteiger partial charge in [0.05, 0.1) is 0 Å². The van der Waals surface area contributed by atoms with Gasteiger partial charge in [0.25, 0.3) is 11.8 Å². The Labute approximate surface area is 166 Å². The van der Waals surface area contributed by atoms with E-state index in [0.717, 1.165) is 36.8 Å². The van der Waals surface area contributed by atoms with E-state index in [-0.39, 0.29) is 11.8 Å². The Bertz CT molecular complexity index is 677. The van der Waals surface area contributed by atoms with E-state index < -0.39 is 0 Å². The van der Waals surface area contributed by atoms with E-state index in [1.54, 1.807) is 24.3 Å². The number of rotatable bonds is 11. The zero-order chi connectivity index (χ0) is 20.2. The lowest BCUT2D eigenvalue weighted by molar-refractivity contribution is 0.0943. The Morgan fingerprint density at radius 2 is 0.964 bits per heavy atom. The minimum absolute atomic E-state index is 0.0588. The molecular weight excluding hydrogens is 352 g/mol. The van der Waals surface area contributed by atoms with E-state index in [1.165, 1.54) is 0 Å². The summed E-state index contributed by atoms with van der Waals surface area (Å²) in [5.41, 5.74) is 14.4. The lowest BCUT2D eigenvalue weighted by Crippen LogP contribution is -2.25. The molecule has 150 valence electrons. The second-order valence-electron chi connectivity index (χ2n) is 6.73. The van der Waals surface area contributed by atoms with Crippen LogP contribution in [0.3, 0.4) is 0 Å². The van der Waals surface area contributed by atoms with Gasteiger partial charge in [-0.1, -0.05) is 37.1 Å². The molecule has 0 saturated carbocycles. The molecule has 2 aromatic rings. The summed E-state index contributed by atoms with van der Waals surface area (Å²) in [6.07, 6.45) is 3.85. The Hall–Kier alpha value is -2.70. The molecule has 0 saturated heterocycles. The number of carbonyl (C=O) groups excluding carboxylic acids is 2. The largest absolute Gasteiger partial charge is 0.352 e. The fraction of sp³-hybridized carbons (Fsp3) is 0.364. The van der Waals surface area contributed by atoms with Crippen LogP contribution in [0.15, 0.2) is 48.5 Å². The maximum absolute atomic E-state index is 12.0. The summed E-state index contributed by atoms with van der Waals surface area (Å²) in [7, 11) is 0. The SMILES string of the molecule is NCc1ccc(C(=O)NCCCCCCNC(=O)c2ccc(CN)cc2)cc1. The van der Waals surface area contributed by atoms with Crippen LogP contribution in [0, 0.1) is 0 Å². The van der Waals surface area contributed by atoms with Crippen LogP contribution in [0.25, 0.3) is 0 Å². The zero-order valence-electron chi connectivity index (χ0n) is 16.2. The Balaban J connectivity index is 1.53. The van der Waals surface area contributed by atoms with Gasteiger partial charge < -0.3 is 22.1 Å². The van der Waals surface area contributed by atoms with Crippen molar-refractivity contribution in [1.82, 2.24) is 10.6 Å². The van der Waals surface area contributed by atoms with Gasteiger partial charge >= 0.3 is 0 Å². The molecule has 0 atom stereocenters. The average Bonchev–Trinajstić information content (AvgIpc) is 2.75. The summed E-state index contributed by atoms with van der Waals surface area (Å²) in [6, 6.07) is 14.7. The average molecular weight is 383 g/mol. The van der Waals surface area contributed by atoms with Crippen LogP contribution in [0.2, 0.25) is 0 Å². The molecule has 6 heteroatoms. The second-order valence-corrected chi connectivity index (χ2v) is 6.73. The molecule has 0 bridgehead atoms. The summed E-state index contributed by atoms with van der Waals surface area (Å²) in [6.45, 7) is 2.25. The number of hydrogen-bond acceptors (Lipinski definition) is 4. The van der Waals surface area contributed by atoms with Gasteiger partial charge in [-0.25, -0.2) is 0 Å². The van der Waals surface area contributed by atoms with Crippen molar-refractivity contribution in [1.29, 1.82) is 0 Å². The van der Waals surface area contributed by atoms with Crippen molar-refractivity contribution in [2.45, 2.75) is 38.8 Å². The van der Waals surface area contributed by atoms with Gasteiger partial charge in [-0.3, -0.25) is 9.59 Å². The second kappa shape index (κ2) is 11.9. The number of hydrogen-bond donors (Lipinski definition) is 4. The predicted octanol–water partition coefficient (Wildman–Crippen LogP) is 2.32. The molecule has 2 aromatic carbocycles. The fourth-order valence-corrected chi connectivity index (χ4v) is 2.80. The smallest absolute Gasteiger partial charge is 0.251 e.